The summed E-state index contributed by atoms with van der Waals surface area (Å²) in [6.07, 6.45) is -4.50. The standard InChI is InChI=1S/C20H21F3N4O2/c1-27-17(28)11-14(18(27)13-7-3-2-4-8-13)12-25-19(24)26-15-9-5-6-10-16(15)29-20(21,22)23/h2-10,14,18H,11-12H2,1H3,(H3,24,25,26). The molecule has 1 fully saturated rings. The van der Waals surface area contributed by atoms with Crippen LogP contribution in [-0.2, 0) is 4.79 Å². The van der Waals surface area contributed by atoms with Crippen LogP contribution in [0.4, 0.5) is 18.9 Å². The second kappa shape index (κ2) is 8.42. The van der Waals surface area contributed by atoms with Gasteiger partial charge in [0.15, 0.2) is 11.7 Å². The average molecular weight is 406 g/mol. The minimum atomic E-state index is -4.82. The number of alkyl halides is 3. The van der Waals surface area contributed by atoms with Crippen LogP contribution < -0.4 is 15.8 Å². The molecule has 3 rings (SSSR count). The Balaban J connectivity index is 1.72. The maximum atomic E-state index is 12.5. The van der Waals surface area contributed by atoms with Gasteiger partial charge in [-0.25, -0.2) is 0 Å². The third-order valence-corrected chi connectivity index (χ3v) is 4.71. The summed E-state index contributed by atoms with van der Waals surface area (Å²) in [5.74, 6) is -0.556. The fourth-order valence-electron chi connectivity index (χ4n) is 3.44. The number of aliphatic imine (C=N–C) groups is 1. The topological polar surface area (TPSA) is 80.0 Å². The molecule has 2 atom stereocenters. The Morgan fingerprint density at radius 2 is 1.86 bits per heavy atom. The molecule has 2 unspecified atom stereocenters. The van der Waals surface area contributed by atoms with E-state index in [1.165, 1.54) is 18.2 Å². The van der Waals surface area contributed by atoms with Crippen molar-refractivity contribution in [2.75, 3.05) is 18.9 Å². The molecule has 0 aromatic heterocycles. The number of hydrogen-bond acceptors (Lipinski definition) is 3. The first kappa shape index (κ1) is 20.5. The van der Waals surface area contributed by atoms with Gasteiger partial charge in [0.1, 0.15) is 0 Å². The zero-order valence-corrected chi connectivity index (χ0v) is 15.7. The maximum Gasteiger partial charge on any atom is 0.573 e. The number of ether oxygens (including phenoxy) is 1. The van der Waals surface area contributed by atoms with Crippen molar-refractivity contribution in [3.05, 3.63) is 60.2 Å². The molecule has 9 heteroatoms. The van der Waals surface area contributed by atoms with Crippen LogP contribution >= 0.6 is 0 Å². The molecule has 0 bridgehead atoms. The van der Waals surface area contributed by atoms with Crippen LogP contribution in [0.25, 0.3) is 0 Å². The van der Waals surface area contributed by atoms with Gasteiger partial charge >= 0.3 is 6.36 Å². The number of nitrogens with one attached hydrogen (secondary N) is 1. The molecule has 0 radical (unpaired) electrons. The van der Waals surface area contributed by atoms with Gasteiger partial charge in [-0.3, -0.25) is 9.79 Å². The number of amides is 1. The fourth-order valence-corrected chi connectivity index (χ4v) is 3.44. The van der Waals surface area contributed by atoms with E-state index in [1.807, 2.05) is 30.3 Å². The molecule has 0 saturated carbocycles. The Hall–Kier alpha value is -3.23. The number of hydrogen-bond donors (Lipinski definition) is 2. The zero-order chi connectivity index (χ0) is 21.0. The maximum absolute atomic E-state index is 12.5. The summed E-state index contributed by atoms with van der Waals surface area (Å²) >= 11 is 0. The highest BCUT2D eigenvalue weighted by molar-refractivity contribution is 5.93. The van der Waals surface area contributed by atoms with Crippen molar-refractivity contribution in [3.63, 3.8) is 0 Å². The Morgan fingerprint density at radius 1 is 1.21 bits per heavy atom. The predicted molar refractivity (Wildman–Crippen MR) is 103 cm³/mol. The van der Waals surface area contributed by atoms with Crippen LogP contribution in [0.15, 0.2) is 59.6 Å². The lowest BCUT2D eigenvalue weighted by atomic mass is 9.94. The highest BCUT2D eigenvalue weighted by Gasteiger charge is 2.38. The number of nitrogens with two attached hydrogens (primary N) is 1. The van der Waals surface area contributed by atoms with E-state index in [4.69, 9.17) is 5.73 Å². The molecule has 3 N–H and O–H groups in total. The average Bonchev–Trinajstić information content (AvgIpc) is 2.95. The van der Waals surface area contributed by atoms with Crippen LogP contribution in [0.2, 0.25) is 0 Å². The summed E-state index contributed by atoms with van der Waals surface area (Å²) in [4.78, 5) is 18.1. The summed E-state index contributed by atoms with van der Waals surface area (Å²) in [5.41, 5.74) is 6.92. The molecule has 154 valence electrons. The van der Waals surface area contributed by atoms with Gasteiger partial charge in [0.05, 0.1) is 11.7 Å². The fraction of sp³-hybridized carbons (Fsp3) is 0.300. The number of likely N-dealkylation sites (tertiary alicyclic amines) is 1. The third-order valence-electron chi connectivity index (χ3n) is 4.71. The SMILES string of the molecule is CN1C(=O)CC(CN=C(N)Nc2ccccc2OC(F)(F)F)C1c1ccccc1. The van der Waals surface area contributed by atoms with E-state index in [9.17, 15) is 18.0 Å². The first-order chi connectivity index (χ1) is 13.7. The molecule has 29 heavy (non-hydrogen) atoms. The van der Waals surface area contributed by atoms with Gasteiger partial charge in [0, 0.05) is 25.9 Å². The number of guanidine groups is 1. The quantitative estimate of drug-likeness (QED) is 0.588. The number of anilines is 1. The summed E-state index contributed by atoms with van der Waals surface area (Å²) in [5, 5.41) is 2.64. The van der Waals surface area contributed by atoms with E-state index in [0.29, 0.717) is 6.42 Å². The molecular weight excluding hydrogens is 385 g/mol. The predicted octanol–water partition coefficient (Wildman–Crippen LogP) is 3.53. The van der Waals surface area contributed by atoms with Crippen molar-refractivity contribution in [1.82, 2.24) is 4.90 Å². The van der Waals surface area contributed by atoms with Gasteiger partial charge in [-0.15, -0.1) is 13.2 Å². The van der Waals surface area contributed by atoms with Crippen LogP contribution in [0.3, 0.4) is 0 Å². The molecule has 1 saturated heterocycles. The molecule has 0 spiro atoms. The molecule has 2 aromatic carbocycles. The highest BCUT2D eigenvalue weighted by atomic mass is 19.4. The number of halogens is 3. The van der Waals surface area contributed by atoms with Crippen molar-refractivity contribution >= 4 is 17.6 Å². The van der Waals surface area contributed by atoms with Gasteiger partial charge in [0.2, 0.25) is 5.91 Å². The van der Waals surface area contributed by atoms with Gasteiger partial charge in [-0.05, 0) is 17.7 Å². The number of para-hydroxylation sites is 2. The summed E-state index contributed by atoms with van der Waals surface area (Å²) < 4.78 is 41.6. The van der Waals surface area contributed by atoms with E-state index in [1.54, 1.807) is 18.0 Å². The van der Waals surface area contributed by atoms with Crippen molar-refractivity contribution in [1.29, 1.82) is 0 Å². The van der Waals surface area contributed by atoms with Crippen LogP contribution in [0, 0.1) is 5.92 Å². The first-order valence-corrected chi connectivity index (χ1v) is 8.97. The Bertz CT molecular complexity index is 887. The third kappa shape index (κ3) is 5.18. The van der Waals surface area contributed by atoms with Gasteiger partial charge < -0.3 is 20.7 Å². The summed E-state index contributed by atoms with van der Waals surface area (Å²) in [7, 11) is 1.75. The Labute approximate surface area is 166 Å². The molecule has 1 heterocycles. The van der Waals surface area contributed by atoms with Crippen molar-refractivity contribution in [3.8, 4) is 5.75 Å². The molecule has 0 aliphatic carbocycles. The van der Waals surface area contributed by atoms with Gasteiger partial charge in [-0.1, -0.05) is 42.5 Å². The highest BCUT2D eigenvalue weighted by Crippen LogP contribution is 2.37. The smallest absolute Gasteiger partial charge is 0.404 e. The number of rotatable bonds is 5. The van der Waals surface area contributed by atoms with E-state index >= 15 is 0 Å². The monoisotopic (exact) mass is 406 g/mol. The minimum Gasteiger partial charge on any atom is -0.404 e. The number of nitrogens with zero attached hydrogens (tertiary/aromatic N) is 2. The van der Waals surface area contributed by atoms with Crippen molar-refractivity contribution in [2.24, 2.45) is 16.6 Å². The minimum absolute atomic E-state index is 0.00880. The molecular formula is C20H21F3N4O2. The molecule has 2 aromatic rings. The second-order valence-electron chi connectivity index (χ2n) is 6.72. The van der Waals surface area contributed by atoms with Crippen molar-refractivity contribution in [2.45, 2.75) is 18.8 Å². The Kier molecular flexibility index (Phi) is 5.95. The van der Waals surface area contributed by atoms with E-state index in [2.05, 4.69) is 15.0 Å². The van der Waals surface area contributed by atoms with E-state index in [0.717, 1.165) is 5.56 Å². The zero-order valence-electron chi connectivity index (χ0n) is 15.7. The lowest BCUT2D eigenvalue weighted by Gasteiger charge is -2.24. The first-order valence-electron chi connectivity index (χ1n) is 8.97. The number of carbonyl (C=O) groups is 1. The lowest BCUT2D eigenvalue weighted by Crippen LogP contribution is -2.27. The molecule has 1 aliphatic heterocycles. The summed E-state index contributed by atoms with van der Waals surface area (Å²) in [6, 6.07) is 15.0. The van der Waals surface area contributed by atoms with Crippen LogP contribution in [0.5, 0.6) is 5.75 Å². The second-order valence-corrected chi connectivity index (χ2v) is 6.72. The largest absolute Gasteiger partial charge is 0.573 e. The lowest BCUT2D eigenvalue weighted by molar-refractivity contribution is -0.274. The summed E-state index contributed by atoms with van der Waals surface area (Å²) in [6.45, 7) is 0.247. The molecule has 1 aliphatic rings. The van der Waals surface area contributed by atoms with Crippen LogP contribution in [-0.4, -0.2) is 36.7 Å². The number of carbonyl (C=O) groups excluding carboxylic acids is 1. The van der Waals surface area contributed by atoms with Crippen LogP contribution in [0.1, 0.15) is 18.0 Å². The van der Waals surface area contributed by atoms with Gasteiger partial charge in [0.25, 0.3) is 0 Å². The molecule has 6 nitrogen and oxygen atoms in total. The normalized spacial score (nSPS) is 20.1. The van der Waals surface area contributed by atoms with E-state index in [-0.39, 0.29) is 36.1 Å². The Morgan fingerprint density at radius 3 is 2.55 bits per heavy atom. The van der Waals surface area contributed by atoms with E-state index < -0.39 is 12.1 Å². The van der Waals surface area contributed by atoms with Gasteiger partial charge in [-0.2, -0.15) is 0 Å². The number of benzene rings is 2. The molecule has 1 amide bonds. The van der Waals surface area contributed by atoms with Crippen molar-refractivity contribution < 1.29 is 22.7 Å².